The van der Waals surface area contributed by atoms with E-state index in [0.717, 1.165) is 37.4 Å². The molecular formula is C33H23N5O4S. The van der Waals surface area contributed by atoms with Crippen LogP contribution in [0.1, 0.15) is 33.7 Å². The Bertz CT molecular complexity index is 1970. The Hall–Kier alpha value is -5.22. The summed E-state index contributed by atoms with van der Waals surface area (Å²) in [5.41, 5.74) is 6.91. The van der Waals surface area contributed by atoms with Crippen LogP contribution < -0.4 is 10.3 Å². The number of aromatic nitrogens is 1. The monoisotopic (exact) mass is 585 g/mol. The number of carbonyl (C=O) groups excluding carboxylic acids is 2. The van der Waals surface area contributed by atoms with E-state index in [0.29, 0.717) is 10.7 Å². The summed E-state index contributed by atoms with van der Waals surface area (Å²) in [7, 11) is 0. The van der Waals surface area contributed by atoms with E-state index in [1.807, 2.05) is 72.8 Å². The summed E-state index contributed by atoms with van der Waals surface area (Å²) in [5.74, 6) is -2.89. The minimum Gasteiger partial charge on any atom is -0.274 e. The summed E-state index contributed by atoms with van der Waals surface area (Å²) in [6.45, 7) is 1.74. The standard InChI is InChI=1S/C33H23N5O4S/c1-18-14-15-24(25(16-18)38(41)42)37-30(39)28-27-19-8-2-4-10-21(19)33(29(28)31(37)40,22-11-5-3-9-20(22)27)17-34-36-32-35-23-12-6-7-13-26(23)43-32/h2-17,27-29H,1H3,(H,35,36)/b34-17-/t27?,28-,29+,33?/m1/s1. The van der Waals surface area contributed by atoms with Crippen molar-refractivity contribution in [2.45, 2.75) is 18.3 Å². The fourth-order valence-electron chi connectivity index (χ4n) is 7.37. The molecule has 9 rings (SSSR count). The number of imide groups is 1. The molecule has 1 aliphatic heterocycles. The molecule has 0 radical (unpaired) electrons. The Kier molecular flexibility index (Phi) is 5.42. The van der Waals surface area contributed by atoms with Crippen LogP contribution in [-0.4, -0.2) is 27.9 Å². The number of rotatable bonds is 5. The van der Waals surface area contributed by atoms with Crippen molar-refractivity contribution in [2.24, 2.45) is 16.9 Å². The van der Waals surface area contributed by atoms with E-state index in [9.17, 15) is 19.7 Å². The van der Waals surface area contributed by atoms with E-state index in [4.69, 9.17) is 0 Å². The maximum Gasteiger partial charge on any atom is 0.293 e. The maximum atomic E-state index is 14.6. The van der Waals surface area contributed by atoms with Crippen LogP contribution in [0.3, 0.4) is 0 Å². The summed E-state index contributed by atoms with van der Waals surface area (Å²) < 4.78 is 1.01. The van der Waals surface area contributed by atoms with Crippen LogP contribution in [0.25, 0.3) is 10.2 Å². The number of nitrogens with one attached hydrogen (secondary N) is 1. The lowest BCUT2D eigenvalue weighted by atomic mass is 9.47. The minimum absolute atomic E-state index is 0.00722. The molecule has 0 spiro atoms. The molecule has 3 aliphatic carbocycles. The van der Waals surface area contributed by atoms with Crippen LogP contribution in [0.5, 0.6) is 0 Å². The SMILES string of the molecule is Cc1ccc(N2C(=O)[C@@H]3C4c5ccccc5C(/C=N\Nc5nc6ccccc6s5)(c5ccccc54)[C@@H]3C2=O)c([N+](=O)[O-])c1. The summed E-state index contributed by atoms with van der Waals surface area (Å²) in [6, 6.07) is 28.1. The summed E-state index contributed by atoms with van der Waals surface area (Å²) in [5, 5.41) is 17.4. The fraction of sp³-hybridized carbons (Fsp3) is 0.152. The lowest BCUT2D eigenvalue weighted by Gasteiger charge is -2.52. The molecule has 4 aromatic carbocycles. The number of fused-ring (bicyclic) bond motifs is 1. The van der Waals surface area contributed by atoms with Gasteiger partial charge in [-0.25, -0.2) is 9.88 Å². The van der Waals surface area contributed by atoms with Crippen molar-refractivity contribution in [1.29, 1.82) is 0 Å². The first-order valence-corrected chi connectivity index (χ1v) is 14.7. The van der Waals surface area contributed by atoms with Crippen molar-refractivity contribution in [3.63, 3.8) is 0 Å². The molecule has 1 N–H and O–H groups in total. The zero-order valence-electron chi connectivity index (χ0n) is 22.8. The first-order valence-electron chi connectivity index (χ1n) is 13.9. The number of hydrogen-bond donors (Lipinski definition) is 1. The highest BCUT2D eigenvalue weighted by Crippen LogP contribution is 2.64. The van der Waals surface area contributed by atoms with E-state index >= 15 is 0 Å². The van der Waals surface area contributed by atoms with Crippen LogP contribution in [0.15, 0.2) is 96.1 Å². The van der Waals surface area contributed by atoms with E-state index in [2.05, 4.69) is 15.5 Å². The van der Waals surface area contributed by atoms with Gasteiger partial charge in [-0.15, -0.1) is 0 Å². The molecule has 2 atom stereocenters. The summed E-state index contributed by atoms with van der Waals surface area (Å²) >= 11 is 1.47. The molecule has 0 saturated carbocycles. The Morgan fingerprint density at radius 3 is 2.33 bits per heavy atom. The second-order valence-corrected chi connectivity index (χ2v) is 12.2. The van der Waals surface area contributed by atoms with Gasteiger partial charge < -0.3 is 0 Å². The Labute approximate surface area is 249 Å². The molecule has 2 bridgehead atoms. The number of nitro groups is 1. The van der Waals surface area contributed by atoms with E-state index in [-0.39, 0.29) is 17.3 Å². The first kappa shape index (κ1) is 25.5. The van der Waals surface area contributed by atoms with Gasteiger partial charge in [0.1, 0.15) is 5.69 Å². The van der Waals surface area contributed by atoms with Gasteiger partial charge in [0, 0.05) is 18.2 Å². The fourth-order valence-corrected chi connectivity index (χ4v) is 8.18. The zero-order valence-corrected chi connectivity index (χ0v) is 23.6. The van der Waals surface area contributed by atoms with Gasteiger partial charge in [-0.05, 0) is 52.9 Å². The minimum atomic E-state index is -1.10. The Balaban J connectivity index is 1.32. The molecule has 43 heavy (non-hydrogen) atoms. The maximum absolute atomic E-state index is 14.6. The number of carbonyl (C=O) groups is 2. The molecule has 2 heterocycles. The third-order valence-electron chi connectivity index (χ3n) is 8.97. The molecule has 9 nitrogen and oxygen atoms in total. The van der Waals surface area contributed by atoms with Crippen molar-refractivity contribution in [1.82, 2.24) is 4.98 Å². The lowest BCUT2D eigenvalue weighted by molar-refractivity contribution is -0.384. The van der Waals surface area contributed by atoms with Crippen molar-refractivity contribution < 1.29 is 14.5 Å². The molecule has 1 fully saturated rings. The van der Waals surface area contributed by atoms with Gasteiger partial charge in [-0.1, -0.05) is 78.1 Å². The largest absolute Gasteiger partial charge is 0.293 e. The van der Waals surface area contributed by atoms with Crippen molar-refractivity contribution in [3.05, 3.63) is 129 Å². The predicted octanol–water partition coefficient (Wildman–Crippen LogP) is 6.16. The normalized spacial score (nSPS) is 23.5. The topological polar surface area (TPSA) is 118 Å². The molecule has 2 amide bonds. The number of thiazole rings is 1. The molecule has 4 aliphatic rings. The van der Waals surface area contributed by atoms with Crippen LogP contribution in [-0.2, 0) is 15.0 Å². The van der Waals surface area contributed by atoms with Crippen molar-refractivity contribution in [3.8, 4) is 0 Å². The number of nitrogens with zero attached hydrogens (tertiary/aromatic N) is 4. The van der Waals surface area contributed by atoms with E-state index in [1.54, 1.807) is 19.2 Å². The van der Waals surface area contributed by atoms with Crippen molar-refractivity contribution >= 4 is 56.1 Å². The lowest BCUT2D eigenvalue weighted by Crippen LogP contribution is -2.54. The Morgan fingerprint density at radius 1 is 0.953 bits per heavy atom. The third-order valence-corrected chi connectivity index (χ3v) is 9.92. The third kappa shape index (κ3) is 3.44. The second-order valence-electron chi connectivity index (χ2n) is 11.1. The summed E-state index contributed by atoms with van der Waals surface area (Å²) in [4.78, 5) is 46.1. The zero-order chi connectivity index (χ0) is 29.5. The van der Waals surface area contributed by atoms with Gasteiger partial charge in [-0.3, -0.25) is 25.1 Å². The molecule has 5 aromatic rings. The number of hydrogen-bond acceptors (Lipinski definition) is 8. The molecular weight excluding hydrogens is 562 g/mol. The molecule has 0 unspecified atom stereocenters. The average Bonchev–Trinajstić information content (AvgIpc) is 3.55. The van der Waals surface area contributed by atoms with Gasteiger partial charge in [0.25, 0.3) is 5.69 Å². The molecule has 1 aromatic heterocycles. The number of benzene rings is 4. The van der Waals surface area contributed by atoms with Crippen LogP contribution in [0.4, 0.5) is 16.5 Å². The smallest absolute Gasteiger partial charge is 0.274 e. The average molecular weight is 586 g/mol. The van der Waals surface area contributed by atoms with Crippen LogP contribution in [0, 0.1) is 28.9 Å². The number of aryl methyl sites for hydroxylation is 1. The van der Waals surface area contributed by atoms with Gasteiger partial charge in [0.15, 0.2) is 0 Å². The van der Waals surface area contributed by atoms with Crippen LogP contribution >= 0.6 is 11.3 Å². The first-order chi connectivity index (χ1) is 20.9. The number of hydrazone groups is 1. The second kappa shape index (κ2) is 9.14. The van der Waals surface area contributed by atoms with E-state index in [1.165, 1.54) is 23.5 Å². The van der Waals surface area contributed by atoms with Crippen LogP contribution in [0.2, 0.25) is 0 Å². The highest BCUT2D eigenvalue weighted by molar-refractivity contribution is 7.22. The van der Waals surface area contributed by atoms with Gasteiger partial charge in [0.05, 0.1) is 32.4 Å². The highest BCUT2D eigenvalue weighted by atomic mass is 32.1. The predicted molar refractivity (Wildman–Crippen MR) is 165 cm³/mol. The number of para-hydroxylation sites is 1. The quantitative estimate of drug-likeness (QED) is 0.114. The van der Waals surface area contributed by atoms with Gasteiger partial charge in [0.2, 0.25) is 16.9 Å². The van der Waals surface area contributed by atoms with Crippen molar-refractivity contribution in [2.75, 3.05) is 10.3 Å². The highest BCUT2D eigenvalue weighted by Gasteiger charge is 2.68. The number of anilines is 2. The number of nitro benzene ring substituents is 1. The number of amides is 2. The van der Waals surface area contributed by atoms with E-state index < -0.39 is 34.0 Å². The molecule has 1 saturated heterocycles. The summed E-state index contributed by atoms with van der Waals surface area (Å²) in [6.07, 6.45) is 1.74. The van der Waals surface area contributed by atoms with Gasteiger partial charge in [-0.2, -0.15) is 5.10 Å². The molecule has 10 heteroatoms. The molecule has 210 valence electrons. The van der Waals surface area contributed by atoms with Gasteiger partial charge >= 0.3 is 0 Å². The Morgan fingerprint density at radius 2 is 1.63 bits per heavy atom.